The van der Waals surface area contributed by atoms with Crippen molar-refractivity contribution < 1.29 is 9.18 Å². The lowest BCUT2D eigenvalue weighted by Crippen LogP contribution is -2.38. The smallest absolute Gasteiger partial charge is 0.253 e. The lowest BCUT2D eigenvalue weighted by molar-refractivity contribution is 0.0696. The molecule has 1 aliphatic rings. The van der Waals surface area contributed by atoms with Gasteiger partial charge in [-0.05, 0) is 49.2 Å². The number of halogens is 1. The van der Waals surface area contributed by atoms with Gasteiger partial charge in [0.25, 0.3) is 5.91 Å². The molecule has 1 fully saturated rings. The van der Waals surface area contributed by atoms with Crippen LogP contribution in [0, 0.1) is 5.82 Å². The van der Waals surface area contributed by atoms with Gasteiger partial charge in [-0.25, -0.2) is 14.4 Å². The predicted molar refractivity (Wildman–Crippen MR) is 116 cm³/mol. The molecule has 2 aromatic carbocycles. The summed E-state index contributed by atoms with van der Waals surface area (Å²) in [5.41, 5.74) is 2.81. The maximum atomic E-state index is 13.5. The van der Waals surface area contributed by atoms with Crippen molar-refractivity contribution in [1.82, 2.24) is 14.9 Å². The van der Waals surface area contributed by atoms with Crippen molar-refractivity contribution in [1.29, 1.82) is 0 Å². The van der Waals surface area contributed by atoms with E-state index >= 15 is 0 Å². The first kappa shape index (κ1) is 20.0. The van der Waals surface area contributed by atoms with Crippen molar-refractivity contribution in [2.75, 3.05) is 12.4 Å². The van der Waals surface area contributed by atoms with Crippen molar-refractivity contribution in [2.45, 2.75) is 38.1 Å². The number of anilines is 2. The Morgan fingerprint density at radius 2 is 1.80 bits per heavy atom. The Kier molecular flexibility index (Phi) is 6.02. The Balaban J connectivity index is 1.45. The van der Waals surface area contributed by atoms with E-state index in [0.29, 0.717) is 28.7 Å². The van der Waals surface area contributed by atoms with Gasteiger partial charge in [-0.1, -0.05) is 31.4 Å². The monoisotopic (exact) mass is 404 g/mol. The Bertz CT molecular complexity index is 1020. The standard InChI is InChI=1S/C24H25FN4O/c1-29(21-8-3-2-4-9-21)24(30)17-10-12-20(13-11-17)28-23-15-22(26-16-27-23)18-6-5-7-19(25)14-18/h5-7,10-16,21H,2-4,8-9H2,1H3,(H,26,27,28). The SMILES string of the molecule is CN(C(=O)c1ccc(Nc2cc(-c3cccc(F)c3)ncn2)cc1)C1CCCCC1. The second-order valence-corrected chi connectivity index (χ2v) is 7.71. The topological polar surface area (TPSA) is 58.1 Å². The van der Waals surface area contributed by atoms with Crippen LogP contribution in [0.2, 0.25) is 0 Å². The second-order valence-electron chi connectivity index (χ2n) is 7.71. The summed E-state index contributed by atoms with van der Waals surface area (Å²) in [6, 6.07) is 15.8. The van der Waals surface area contributed by atoms with Crippen LogP contribution in [0.5, 0.6) is 0 Å². The molecular weight excluding hydrogens is 379 g/mol. The van der Waals surface area contributed by atoms with Crippen LogP contribution in [0.4, 0.5) is 15.9 Å². The van der Waals surface area contributed by atoms with Crippen molar-refractivity contribution in [3.8, 4) is 11.3 Å². The summed E-state index contributed by atoms with van der Waals surface area (Å²) in [6.45, 7) is 0. The van der Waals surface area contributed by atoms with Gasteiger partial charge in [-0.3, -0.25) is 4.79 Å². The van der Waals surface area contributed by atoms with Crippen LogP contribution in [-0.4, -0.2) is 33.9 Å². The van der Waals surface area contributed by atoms with E-state index in [-0.39, 0.29) is 11.7 Å². The predicted octanol–water partition coefficient (Wildman–Crippen LogP) is 5.43. The van der Waals surface area contributed by atoms with Gasteiger partial charge in [-0.15, -0.1) is 0 Å². The number of aromatic nitrogens is 2. The van der Waals surface area contributed by atoms with Crippen LogP contribution in [-0.2, 0) is 0 Å². The van der Waals surface area contributed by atoms with E-state index in [2.05, 4.69) is 15.3 Å². The zero-order valence-corrected chi connectivity index (χ0v) is 17.0. The lowest BCUT2D eigenvalue weighted by atomic mass is 9.94. The average Bonchev–Trinajstić information content (AvgIpc) is 2.79. The molecule has 154 valence electrons. The molecule has 1 heterocycles. The Hall–Kier alpha value is -3.28. The summed E-state index contributed by atoms with van der Waals surface area (Å²) < 4.78 is 13.5. The molecule has 0 atom stereocenters. The van der Waals surface area contributed by atoms with E-state index in [0.717, 1.165) is 18.5 Å². The van der Waals surface area contributed by atoms with Crippen LogP contribution in [0.3, 0.4) is 0 Å². The fraction of sp³-hybridized carbons (Fsp3) is 0.292. The molecule has 5 nitrogen and oxygen atoms in total. The number of benzene rings is 2. The average molecular weight is 404 g/mol. The number of hydrogen-bond donors (Lipinski definition) is 1. The normalized spacial score (nSPS) is 14.3. The first-order valence-electron chi connectivity index (χ1n) is 10.3. The highest BCUT2D eigenvalue weighted by Crippen LogP contribution is 2.24. The summed E-state index contributed by atoms with van der Waals surface area (Å²) in [7, 11) is 1.90. The van der Waals surface area contributed by atoms with Gasteiger partial charge >= 0.3 is 0 Å². The molecular formula is C24H25FN4O. The minimum Gasteiger partial charge on any atom is -0.340 e. The maximum Gasteiger partial charge on any atom is 0.253 e. The molecule has 1 amide bonds. The lowest BCUT2D eigenvalue weighted by Gasteiger charge is -2.31. The number of carbonyl (C=O) groups is 1. The highest BCUT2D eigenvalue weighted by Gasteiger charge is 2.22. The molecule has 0 spiro atoms. The second kappa shape index (κ2) is 9.03. The number of rotatable bonds is 5. The van der Waals surface area contributed by atoms with Gasteiger partial charge in [0.05, 0.1) is 5.69 Å². The minimum atomic E-state index is -0.306. The van der Waals surface area contributed by atoms with Gasteiger partial charge in [0.15, 0.2) is 0 Å². The van der Waals surface area contributed by atoms with Crippen LogP contribution in [0.25, 0.3) is 11.3 Å². The Labute approximate surface area is 176 Å². The summed E-state index contributed by atoms with van der Waals surface area (Å²) in [6.07, 6.45) is 7.28. The van der Waals surface area contributed by atoms with E-state index in [1.165, 1.54) is 37.7 Å². The van der Waals surface area contributed by atoms with E-state index in [4.69, 9.17) is 0 Å². The van der Waals surface area contributed by atoms with Gasteiger partial charge in [0.2, 0.25) is 0 Å². The van der Waals surface area contributed by atoms with Gasteiger partial charge in [-0.2, -0.15) is 0 Å². The number of nitrogens with zero attached hydrogens (tertiary/aromatic N) is 3. The Morgan fingerprint density at radius 1 is 1.03 bits per heavy atom. The van der Waals surface area contributed by atoms with Crippen LogP contribution >= 0.6 is 0 Å². The third kappa shape index (κ3) is 4.64. The highest BCUT2D eigenvalue weighted by atomic mass is 19.1. The summed E-state index contributed by atoms with van der Waals surface area (Å²) >= 11 is 0. The third-order valence-electron chi connectivity index (χ3n) is 5.63. The summed E-state index contributed by atoms with van der Waals surface area (Å²) in [5.74, 6) is 0.352. The molecule has 0 radical (unpaired) electrons. The van der Waals surface area contributed by atoms with E-state index in [1.54, 1.807) is 18.2 Å². The molecule has 30 heavy (non-hydrogen) atoms. The molecule has 1 aliphatic carbocycles. The van der Waals surface area contributed by atoms with Crippen molar-refractivity contribution in [3.05, 3.63) is 72.3 Å². The summed E-state index contributed by atoms with van der Waals surface area (Å²) in [4.78, 5) is 23.1. The summed E-state index contributed by atoms with van der Waals surface area (Å²) in [5, 5.41) is 3.22. The number of carbonyl (C=O) groups excluding carboxylic acids is 1. The van der Waals surface area contributed by atoms with Gasteiger partial charge in [0.1, 0.15) is 18.0 Å². The quantitative estimate of drug-likeness (QED) is 0.616. The molecule has 6 heteroatoms. The highest BCUT2D eigenvalue weighted by molar-refractivity contribution is 5.94. The number of amides is 1. The molecule has 0 bridgehead atoms. The third-order valence-corrected chi connectivity index (χ3v) is 5.63. The fourth-order valence-corrected chi connectivity index (χ4v) is 3.91. The minimum absolute atomic E-state index is 0.0591. The van der Waals surface area contributed by atoms with Gasteiger partial charge < -0.3 is 10.2 Å². The first-order valence-corrected chi connectivity index (χ1v) is 10.3. The van der Waals surface area contributed by atoms with E-state index in [1.807, 2.05) is 36.2 Å². The van der Waals surface area contributed by atoms with Crippen LogP contribution in [0.15, 0.2) is 60.9 Å². The molecule has 0 unspecified atom stereocenters. The van der Waals surface area contributed by atoms with Crippen molar-refractivity contribution in [3.63, 3.8) is 0 Å². The molecule has 0 saturated heterocycles. The first-order chi connectivity index (χ1) is 14.6. The molecule has 4 rings (SSSR count). The number of nitrogens with one attached hydrogen (secondary N) is 1. The molecule has 1 saturated carbocycles. The zero-order chi connectivity index (χ0) is 20.9. The fourth-order valence-electron chi connectivity index (χ4n) is 3.91. The maximum absolute atomic E-state index is 13.5. The molecule has 0 aliphatic heterocycles. The largest absolute Gasteiger partial charge is 0.340 e. The van der Waals surface area contributed by atoms with Crippen molar-refractivity contribution >= 4 is 17.4 Å². The van der Waals surface area contributed by atoms with Gasteiger partial charge in [0, 0.05) is 36.0 Å². The van der Waals surface area contributed by atoms with Crippen molar-refractivity contribution in [2.24, 2.45) is 0 Å². The van der Waals surface area contributed by atoms with E-state index in [9.17, 15) is 9.18 Å². The molecule has 3 aromatic rings. The number of hydrogen-bond acceptors (Lipinski definition) is 4. The Morgan fingerprint density at radius 3 is 2.53 bits per heavy atom. The van der Waals surface area contributed by atoms with Crippen LogP contribution < -0.4 is 5.32 Å². The molecule has 1 N–H and O–H groups in total. The zero-order valence-electron chi connectivity index (χ0n) is 17.0. The van der Waals surface area contributed by atoms with E-state index < -0.39 is 0 Å². The van der Waals surface area contributed by atoms with Crippen LogP contribution in [0.1, 0.15) is 42.5 Å². The molecule has 1 aromatic heterocycles.